The van der Waals surface area contributed by atoms with Gasteiger partial charge in [-0.05, 0) is 31.0 Å². The first-order valence-corrected chi connectivity index (χ1v) is 7.67. The molecule has 7 heteroatoms. The van der Waals surface area contributed by atoms with Gasteiger partial charge in [0.25, 0.3) is 0 Å². The largest absolute Gasteiger partial charge is 0.352 e. The first kappa shape index (κ1) is 13.6. The second-order valence-electron chi connectivity index (χ2n) is 4.91. The summed E-state index contributed by atoms with van der Waals surface area (Å²) in [6, 6.07) is 0. The van der Waals surface area contributed by atoms with Gasteiger partial charge in [0, 0.05) is 31.1 Å². The Hall–Kier alpha value is -1.40. The standard InChI is InChI=1S/C13H15ClN4OS/c1-8-9(2)20-12-10(8)11(15-13(14)16-12)18-5-3-17(7-19)4-6-18/h7H,3-6H2,1-2H3. The third-order valence-corrected chi connectivity index (χ3v) is 5.02. The number of nitrogens with zero attached hydrogens (tertiary/aromatic N) is 4. The number of amides is 1. The maximum absolute atomic E-state index is 10.8. The highest BCUT2D eigenvalue weighted by atomic mass is 35.5. The first-order valence-electron chi connectivity index (χ1n) is 6.47. The number of hydrogen-bond donors (Lipinski definition) is 0. The van der Waals surface area contributed by atoms with Crippen LogP contribution < -0.4 is 4.90 Å². The van der Waals surface area contributed by atoms with Gasteiger partial charge >= 0.3 is 0 Å². The summed E-state index contributed by atoms with van der Waals surface area (Å²) in [5, 5.41) is 1.38. The molecule has 0 saturated carbocycles. The van der Waals surface area contributed by atoms with Crippen molar-refractivity contribution in [1.82, 2.24) is 14.9 Å². The van der Waals surface area contributed by atoms with Crippen molar-refractivity contribution < 1.29 is 4.79 Å². The summed E-state index contributed by atoms with van der Waals surface area (Å²) in [4.78, 5) is 25.7. The number of rotatable bonds is 2. The van der Waals surface area contributed by atoms with Gasteiger partial charge in [-0.25, -0.2) is 4.98 Å². The summed E-state index contributed by atoms with van der Waals surface area (Å²) in [5.41, 5.74) is 1.22. The highest BCUT2D eigenvalue weighted by Crippen LogP contribution is 2.35. The predicted octanol–water partition coefficient (Wildman–Crippen LogP) is 2.24. The molecule has 5 nitrogen and oxygen atoms in total. The van der Waals surface area contributed by atoms with Gasteiger partial charge in [-0.15, -0.1) is 11.3 Å². The highest BCUT2D eigenvalue weighted by Gasteiger charge is 2.22. The molecule has 1 amide bonds. The van der Waals surface area contributed by atoms with Crippen LogP contribution in [0.1, 0.15) is 10.4 Å². The molecule has 2 aromatic rings. The van der Waals surface area contributed by atoms with Crippen molar-refractivity contribution in [2.75, 3.05) is 31.1 Å². The molecule has 0 radical (unpaired) electrons. The van der Waals surface area contributed by atoms with Gasteiger partial charge in [-0.3, -0.25) is 4.79 Å². The topological polar surface area (TPSA) is 49.3 Å². The van der Waals surface area contributed by atoms with Crippen molar-refractivity contribution in [3.05, 3.63) is 15.7 Å². The number of piperazine rings is 1. The maximum atomic E-state index is 10.8. The summed E-state index contributed by atoms with van der Waals surface area (Å²) in [6.07, 6.45) is 0.903. The van der Waals surface area contributed by atoms with E-state index in [0.29, 0.717) is 0 Å². The molecule has 0 N–H and O–H groups in total. The van der Waals surface area contributed by atoms with E-state index in [4.69, 9.17) is 11.6 Å². The molecule has 0 unspecified atom stereocenters. The van der Waals surface area contributed by atoms with Crippen LogP contribution in [-0.2, 0) is 4.79 Å². The molecule has 0 atom stereocenters. The minimum atomic E-state index is 0.284. The number of halogens is 1. The van der Waals surface area contributed by atoms with E-state index in [2.05, 4.69) is 28.7 Å². The molecule has 1 fully saturated rings. The predicted molar refractivity (Wildman–Crippen MR) is 81.7 cm³/mol. The molecule has 0 aliphatic carbocycles. The molecular formula is C13H15ClN4OS. The van der Waals surface area contributed by atoms with E-state index in [1.807, 2.05) is 0 Å². The molecule has 1 saturated heterocycles. The van der Waals surface area contributed by atoms with Gasteiger partial charge in [0.15, 0.2) is 0 Å². The molecular weight excluding hydrogens is 296 g/mol. The number of carbonyl (C=O) groups is 1. The van der Waals surface area contributed by atoms with E-state index < -0.39 is 0 Å². The minimum Gasteiger partial charge on any atom is -0.352 e. The van der Waals surface area contributed by atoms with Gasteiger partial charge in [0.2, 0.25) is 11.7 Å². The third-order valence-electron chi connectivity index (χ3n) is 3.75. The molecule has 2 aromatic heterocycles. The molecule has 0 aromatic carbocycles. The fraction of sp³-hybridized carbons (Fsp3) is 0.462. The molecule has 1 aliphatic heterocycles. The second-order valence-corrected chi connectivity index (χ2v) is 6.45. The zero-order valence-electron chi connectivity index (χ0n) is 11.4. The van der Waals surface area contributed by atoms with E-state index in [1.165, 1.54) is 10.4 Å². The zero-order valence-corrected chi connectivity index (χ0v) is 13.0. The van der Waals surface area contributed by atoms with E-state index in [9.17, 15) is 4.79 Å². The van der Waals surface area contributed by atoms with E-state index in [-0.39, 0.29) is 5.28 Å². The molecule has 20 heavy (non-hydrogen) atoms. The van der Waals surface area contributed by atoms with Crippen LogP contribution in [0, 0.1) is 13.8 Å². The second kappa shape index (κ2) is 5.18. The van der Waals surface area contributed by atoms with E-state index in [0.717, 1.165) is 48.6 Å². The van der Waals surface area contributed by atoms with Gasteiger partial charge in [-0.2, -0.15) is 4.98 Å². The Morgan fingerprint density at radius 3 is 2.55 bits per heavy atom. The number of carbonyl (C=O) groups excluding carboxylic acids is 1. The summed E-state index contributed by atoms with van der Waals surface area (Å²) < 4.78 is 0. The average molecular weight is 311 g/mol. The van der Waals surface area contributed by atoms with Crippen LogP contribution >= 0.6 is 22.9 Å². The van der Waals surface area contributed by atoms with Crippen molar-refractivity contribution in [3.63, 3.8) is 0 Å². The molecule has 1 aliphatic rings. The lowest BCUT2D eigenvalue weighted by Crippen LogP contribution is -2.46. The minimum absolute atomic E-state index is 0.284. The van der Waals surface area contributed by atoms with Gasteiger partial charge in [0.05, 0.1) is 5.39 Å². The van der Waals surface area contributed by atoms with Crippen molar-refractivity contribution in [1.29, 1.82) is 0 Å². The number of aryl methyl sites for hydroxylation is 2. The number of hydrogen-bond acceptors (Lipinski definition) is 5. The molecule has 0 bridgehead atoms. The number of aromatic nitrogens is 2. The Bertz CT molecular complexity index is 664. The highest BCUT2D eigenvalue weighted by molar-refractivity contribution is 7.18. The van der Waals surface area contributed by atoms with Crippen LogP contribution in [0.25, 0.3) is 10.2 Å². The van der Waals surface area contributed by atoms with Crippen molar-refractivity contribution in [2.45, 2.75) is 13.8 Å². The number of anilines is 1. The van der Waals surface area contributed by atoms with Crippen molar-refractivity contribution in [3.8, 4) is 0 Å². The van der Waals surface area contributed by atoms with Crippen molar-refractivity contribution in [2.24, 2.45) is 0 Å². The summed E-state index contributed by atoms with van der Waals surface area (Å²) in [6.45, 7) is 7.16. The quantitative estimate of drug-likeness (QED) is 0.630. The maximum Gasteiger partial charge on any atom is 0.225 e. The van der Waals surface area contributed by atoms with Crippen LogP contribution in [0.15, 0.2) is 0 Å². The molecule has 106 valence electrons. The summed E-state index contributed by atoms with van der Waals surface area (Å²) in [5.74, 6) is 0.896. The van der Waals surface area contributed by atoms with E-state index in [1.54, 1.807) is 16.2 Å². The lowest BCUT2D eigenvalue weighted by Gasteiger charge is -2.33. The molecule has 3 heterocycles. The molecule has 3 rings (SSSR count). The van der Waals surface area contributed by atoms with Crippen LogP contribution in [0.3, 0.4) is 0 Å². The fourth-order valence-corrected chi connectivity index (χ4v) is 3.71. The van der Waals surface area contributed by atoms with Crippen LogP contribution in [0.5, 0.6) is 0 Å². The number of fused-ring (bicyclic) bond motifs is 1. The normalized spacial score (nSPS) is 15.9. The monoisotopic (exact) mass is 310 g/mol. The van der Waals surface area contributed by atoms with Crippen LogP contribution in [0.2, 0.25) is 5.28 Å². The third kappa shape index (κ3) is 2.23. The van der Waals surface area contributed by atoms with Crippen molar-refractivity contribution >= 4 is 45.4 Å². The Balaban J connectivity index is 2.04. The molecule has 0 spiro atoms. The Kier molecular flexibility index (Phi) is 3.52. The Labute approximate surface area is 126 Å². The lowest BCUT2D eigenvalue weighted by molar-refractivity contribution is -0.118. The SMILES string of the molecule is Cc1sc2nc(Cl)nc(N3CCN(C=O)CC3)c2c1C. The van der Waals surface area contributed by atoms with Gasteiger partial charge < -0.3 is 9.80 Å². The first-order chi connectivity index (χ1) is 9.60. The lowest BCUT2D eigenvalue weighted by atomic mass is 10.2. The Morgan fingerprint density at radius 2 is 1.90 bits per heavy atom. The van der Waals surface area contributed by atoms with Gasteiger partial charge in [-0.1, -0.05) is 0 Å². The average Bonchev–Trinajstić information content (AvgIpc) is 2.73. The summed E-state index contributed by atoms with van der Waals surface area (Å²) >= 11 is 7.70. The Morgan fingerprint density at radius 1 is 1.20 bits per heavy atom. The van der Waals surface area contributed by atoms with Crippen LogP contribution in [-0.4, -0.2) is 47.5 Å². The fourth-order valence-electron chi connectivity index (χ4n) is 2.47. The van der Waals surface area contributed by atoms with Crippen LogP contribution in [0.4, 0.5) is 5.82 Å². The summed E-state index contributed by atoms with van der Waals surface area (Å²) in [7, 11) is 0. The van der Waals surface area contributed by atoms with E-state index >= 15 is 0 Å². The smallest absolute Gasteiger partial charge is 0.225 e. The zero-order chi connectivity index (χ0) is 14.3. The number of thiophene rings is 1. The van der Waals surface area contributed by atoms with Gasteiger partial charge in [0.1, 0.15) is 10.6 Å².